The summed E-state index contributed by atoms with van der Waals surface area (Å²) in [5.74, 6) is 2.16. The lowest BCUT2D eigenvalue weighted by Crippen LogP contribution is -2.08. The van der Waals surface area contributed by atoms with Crippen molar-refractivity contribution in [3.05, 3.63) is 30.5 Å². The van der Waals surface area contributed by atoms with Gasteiger partial charge in [0.25, 0.3) is 0 Å². The van der Waals surface area contributed by atoms with Crippen molar-refractivity contribution < 1.29 is 9.26 Å². The maximum Gasteiger partial charge on any atom is 0.213 e. The number of nitrogens with zero attached hydrogens (tertiary/aromatic N) is 3. The molecule has 0 fully saturated rings. The Kier molecular flexibility index (Phi) is 3.90. The van der Waals surface area contributed by atoms with Crippen LogP contribution in [0.2, 0.25) is 0 Å². The number of hydrogen-bond acceptors (Lipinski definition) is 6. The minimum atomic E-state index is 0.616. The SMILES string of the molecule is CCOc1cccnc1NCCc1ncon1. The molecule has 2 aromatic heterocycles. The van der Waals surface area contributed by atoms with Crippen LogP contribution in [0.15, 0.2) is 29.2 Å². The van der Waals surface area contributed by atoms with Gasteiger partial charge in [0.2, 0.25) is 6.39 Å². The van der Waals surface area contributed by atoms with E-state index in [0.717, 1.165) is 11.6 Å². The quantitative estimate of drug-likeness (QED) is 0.816. The minimum absolute atomic E-state index is 0.616. The molecule has 0 atom stereocenters. The molecular weight excluding hydrogens is 220 g/mol. The minimum Gasteiger partial charge on any atom is -0.490 e. The van der Waals surface area contributed by atoms with E-state index in [1.54, 1.807) is 6.20 Å². The molecule has 0 aliphatic rings. The Hall–Kier alpha value is -2.11. The molecule has 0 saturated carbocycles. The number of ether oxygens (including phenoxy) is 1. The Labute approximate surface area is 99.0 Å². The van der Waals surface area contributed by atoms with Crippen LogP contribution in [0.5, 0.6) is 5.75 Å². The van der Waals surface area contributed by atoms with Gasteiger partial charge in [0.1, 0.15) is 0 Å². The van der Waals surface area contributed by atoms with Gasteiger partial charge in [0.05, 0.1) is 6.61 Å². The van der Waals surface area contributed by atoms with Crippen molar-refractivity contribution in [3.8, 4) is 5.75 Å². The molecule has 0 aliphatic heterocycles. The number of aromatic nitrogens is 3. The largest absolute Gasteiger partial charge is 0.490 e. The fourth-order valence-electron chi connectivity index (χ4n) is 1.39. The summed E-state index contributed by atoms with van der Waals surface area (Å²) in [6.45, 7) is 3.23. The van der Waals surface area contributed by atoms with E-state index in [-0.39, 0.29) is 0 Å². The van der Waals surface area contributed by atoms with E-state index < -0.39 is 0 Å². The van der Waals surface area contributed by atoms with Crippen LogP contribution in [0.3, 0.4) is 0 Å². The van der Waals surface area contributed by atoms with Gasteiger partial charge in [-0.3, -0.25) is 0 Å². The highest BCUT2D eigenvalue weighted by Crippen LogP contribution is 2.20. The van der Waals surface area contributed by atoms with Gasteiger partial charge in [0, 0.05) is 19.2 Å². The zero-order valence-electron chi connectivity index (χ0n) is 9.59. The van der Waals surface area contributed by atoms with Crippen molar-refractivity contribution in [3.63, 3.8) is 0 Å². The molecule has 0 saturated heterocycles. The topological polar surface area (TPSA) is 73.1 Å². The Balaban J connectivity index is 1.89. The molecule has 0 aliphatic carbocycles. The van der Waals surface area contributed by atoms with Crippen LogP contribution >= 0.6 is 0 Å². The number of nitrogens with one attached hydrogen (secondary N) is 1. The number of rotatable bonds is 6. The summed E-state index contributed by atoms with van der Waals surface area (Å²) in [4.78, 5) is 8.15. The molecule has 6 heteroatoms. The Morgan fingerprint density at radius 3 is 3.12 bits per heavy atom. The van der Waals surface area contributed by atoms with Crippen molar-refractivity contribution in [2.75, 3.05) is 18.5 Å². The molecule has 2 rings (SSSR count). The third kappa shape index (κ3) is 3.17. The Morgan fingerprint density at radius 1 is 1.41 bits per heavy atom. The van der Waals surface area contributed by atoms with Gasteiger partial charge in [-0.25, -0.2) is 4.98 Å². The molecular formula is C11H14N4O2. The standard InChI is InChI=1S/C11H14N4O2/c1-2-16-9-4-3-6-12-11(9)13-7-5-10-14-8-17-15-10/h3-4,6,8H,2,5,7H2,1H3,(H,12,13). The third-order valence-corrected chi connectivity index (χ3v) is 2.12. The summed E-state index contributed by atoms with van der Waals surface area (Å²) in [6.07, 6.45) is 3.72. The molecule has 0 spiro atoms. The lowest BCUT2D eigenvalue weighted by Gasteiger charge is -2.09. The van der Waals surface area contributed by atoms with Crippen LogP contribution in [0.4, 0.5) is 5.82 Å². The van der Waals surface area contributed by atoms with Crippen molar-refractivity contribution in [1.82, 2.24) is 15.1 Å². The van der Waals surface area contributed by atoms with Crippen molar-refractivity contribution >= 4 is 5.82 Å². The maximum atomic E-state index is 5.45. The molecule has 2 aromatic rings. The summed E-state index contributed by atoms with van der Waals surface area (Å²) in [6, 6.07) is 3.72. The number of hydrogen-bond donors (Lipinski definition) is 1. The van der Waals surface area contributed by atoms with E-state index in [0.29, 0.717) is 25.4 Å². The Morgan fingerprint density at radius 2 is 2.35 bits per heavy atom. The Bertz CT molecular complexity index is 444. The molecule has 0 radical (unpaired) electrons. The molecule has 1 N–H and O–H groups in total. The monoisotopic (exact) mass is 234 g/mol. The van der Waals surface area contributed by atoms with Gasteiger partial charge in [0.15, 0.2) is 17.4 Å². The van der Waals surface area contributed by atoms with E-state index in [1.807, 2.05) is 19.1 Å². The van der Waals surface area contributed by atoms with Crippen molar-refractivity contribution in [2.24, 2.45) is 0 Å². The molecule has 0 bridgehead atoms. The predicted octanol–water partition coefficient (Wildman–Crippen LogP) is 1.52. The molecule has 0 amide bonds. The normalized spacial score (nSPS) is 10.2. The van der Waals surface area contributed by atoms with E-state index >= 15 is 0 Å². The van der Waals surface area contributed by atoms with Crippen molar-refractivity contribution in [2.45, 2.75) is 13.3 Å². The molecule has 0 unspecified atom stereocenters. The smallest absolute Gasteiger partial charge is 0.213 e. The highest BCUT2D eigenvalue weighted by molar-refractivity contribution is 5.49. The van der Waals surface area contributed by atoms with Crippen LogP contribution < -0.4 is 10.1 Å². The molecule has 2 heterocycles. The van der Waals surface area contributed by atoms with E-state index in [2.05, 4.69) is 25.0 Å². The lowest BCUT2D eigenvalue weighted by molar-refractivity contribution is 0.340. The summed E-state index contributed by atoms with van der Waals surface area (Å²) < 4.78 is 10.1. The first kappa shape index (κ1) is 11.4. The molecule has 17 heavy (non-hydrogen) atoms. The van der Waals surface area contributed by atoms with Crippen LogP contribution in [0.25, 0.3) is 0 Å². The van der Waals surface area contributed by atoms with E-state index in [1.165, 1.54) is 6.39 Å². The van der Waals surface area contributed by atoms with E-state index in [9.17, 15) is 0 Å². The first-order valence-corrected chi connectivity index (χ1v) is 5.47. The summed E-state index contributed by atoms with van der Waals surface area (Å²) in [5, 5.41) is 6.91. The molecule has 90 valence electrons. The summed E-state index contributed by atoms with van der Waals surface area (Å²) >= 11 is 0. The van der Waals surface area contributed by atoms with Gasteiger partial charge in [-0.2, -0.15) is 4.98 Å². The maximum absolute atomic E-state index is 5.45. The van der Waals surface area contributed by atoms with Crippen LogP contribution in [0, 0.1) is 0 Å². The second-order valence-electron chi connectivity index (χ2n) is 3.31. The van der Waals surface area contributed by atoms with E-state index in [4.69, 9.17) is 4.74 Å². The van der Waals surface area contributed by atoms with Gasteiger partial charge >= 0.3 is 0 Å². The van der Waals surface area contributed by atoms with Crippen molar-refractivity contribution in [1.29, 1.82) is 0 Å². The summed E-state index contributed by atoms with van der Waals surface area (Å²) in [5.41, 5.74) is 0. The van der Waals surface area contributed by atoms with Gasteiger partial charge < -0.3 is 14.6 Å². The second kappa shape index (κ2) is 5.83. The van der Waals surface area contributed by atoms with Gasteiger partial charge in [-0.15, -0.1) is 0 Å². The zero-order valence-corrected chi connectivity index (χ0v) is 9.59. The molecule has 6 nitrogen and oxygen atoms in total. The lowest BCUT2D eigenvalue weighted by atomic mass is 10.3. The highest BCUT2D eigenvalue weighted by Gasteiger charge is 2.04. The highest BCUT2D eigenvalue weighted by atomic mass is 16.5. The fourth-order valence-corrected chi connectivity index (χ4v) is 1.39. The van der Waals surface area contributed by atoms with Crippen LogP contribution in [-0.2, 0) is 6.42 Å². The average Bonchev–Trinajstić information content (AvgIpc) is 2.85. The first-order valence-electron chi connectivity index (χ1n) is 5.47. The van der Waals surface area contributed by atoms with Gasteiger partial charge in [-0.1, -0.05) is 5.16 Å². The van der Waals surface area contributed by atoms with Crippen LogP contribution in [0.1, 0.15) is 12.7 Å². The average molecular weight is 234 g/mol. The predicted molar refractivity (Wildman–Crippen MR) is 61.9 cm³/mol. The van der Waals surface area contributed by atoms with Gasteiger partial charge in [-0.05, 0) is 19.1 Å². The number of pyridine rings is 1. The summed E-state index contributed by atoms with van der Waals surface area (Å²) in [7, 11) is 0. The fraction of sp³-hybridized carbons (Fsp3) is 0.364. The zero-order chi connectivity index (χ0) is 11.9. The first-order chi connectivity index (χ1) is 8.40. The third-order valence-electron chi connectivity index (χ3n) is 2.12. The molecule has 0 aromatic carbocycles. The van der Waals surface area contributed by atoms with Crippen LogP contribution in [-0.4, -0.2) is 28.3 Å². The second-order valence-corrected chi connectivity index (χ2v) is 3.31. The number of anilines is 1.